The monoisotopic (exact) mass is 345 g/mol. The Balaban J connectivity index is 1.83. The van der Waals surface area contributed by atoms with Crippen LogP contribution in [0.15, 0.2) is 36.5 Å². The number of aryl methyl sites for hydroxylation is 2. The minimum Gasteiger partial charge on any atom is -0.336 e. The van der Waals surface area contributed by atoms with Gasteiger partial charge in [0.15, 0.2) is 23.3 Å². The van der Waals surface area contributed by atoms with Crippen LogP contribution in [0.1, 0.15) is 11.1 Å². The van der Waals surface area contributed by atoms with Gasteiger partial charge in [0, 0.05) is 5.69 Å². The number of benzene rings is 2. The molecule has 2 N–H and O–H groups in total. The third kappa shape index (κ3) is 3.68. The largest absolute Gasteiger partial charge is 0.336 e. The molecule has 5 nitrogen and oxygen atoms in total. The van der Waals surface area contributed by atoms with Crippen molar-refractivity contribution >= 4 is 23.1 Å². The molecule has 1 aromatic heterocycles. The number of nitrogens with zero attached hydrogens (tertiary/aromatic N) is 3. The Morgan fingerprint density at radius 3 is 2.40 bits per heavy atom. The first-order valence-electron chi connectivity index (χ1n) is 7.38. The zero-order chi connectivity index (χ0) is 18.0. The molecule has 25 heavy (non-hydrogen) atoms. The minimum absolute atomic E-state index is 0.132. The van der Waals surface area contributed by atoms with Gasteiger partial charge >= 0.3 is 0 Å². The maximum atomic E-state index is 13.7. The second-order valence-electron chi connectivity index (χ2n) is 5.46. The van der Waals surface area contributed by atoms with E-state index in [0.717, 1.165) is 28.9 Å². The van der Waals surface area contributed by atoms with Gasteiger partial charge < -0.3 is 10.6 Å². The molecule has 3 rings (SSSR count). The van der Waals surface area contributed by atoms with Gasteiger partial charge in [-0.3, -0.25) is 0 Å². The Hall–Kier alpha value is -3.16. The van der Waals surface area contributed by atoms with E-state index in [1.807, 2.05) is 32.0 Å². The number of rotatable bonds is 4. The van der Waals surface area contributed by atoms with Gasteiger partial charge in [-0.15, -0.1) is 5.10 Å². The van der Waals surface area contributed by atoms with E-state index in [9.17, 15) is 13.2 Å². The van der Waals surface area contributed by atoms with Crippen molar-refractivity contribution in [3.8, 4) is 0 Å². The molecule has 8 heteroatoms. The number of anilines is 4. The average Bonchev–Trinajstić information content (AvgIpc) is 2.58. The van der Waals surface area contributed by atoms with Crippen LogP contribution in [0.25, 0.3) is 0 Å². The van der Waals surface area contributed by atoms with E-state index >= 15 is 0 Å². The van der Waals surface area contributed by atoms with E-state index < -0.39 is 17.5 Å². The van der Waals surface area contributed by atoms with Crippen molar-refractivity contribution in [1.29, 1.82) is 0 Å². The lowest BCUT2D eigenvalue weighted by Crippen LogP contribution is -2.05. The molecular formula is C17H14F3N5. The van der Waals surface area contributed by atoms with Gasteiger partial charge in [0.05, 0.1) is 11.9 Å². The van der Waals surface area contributed by atoms with Crippen LogP contribution in [0.4, 0.5) is 36.3 Å². The maximum absolute atomic E-state index is 13.7. The third-order valence-corrected chi connectivity index (χ3v) is 3.49. The molecule has 0 amide bonds. The Kier molecular flexibility index (Phi) is 4.51. The lowest BCUT2D eigenvalue weighted by atomic mass is 10.1. The fourth-order valence-electron chi connectivity index (χ4n) is 2.25. The molecule has 0 saturated heterocycles. The highest BCUT2D eigenvalue weighted by atomic mass is 19.2. The Bertz CT molecular complexity index is 930. The Morgan fingerprint density at radius 2 is 1.64 bits per heavy atom. The second-order valence-corrected chi connectivity index (χ2v) is 5.46. The normalized spacial score (nSPS) is 10.6. The molecule has 0 bridgehead atoms. The molecule has 0 fully saturated rings. The van der Waals surface area contributed by atoms with Crippen LogP contribution in [-0.2, 0) is 0 Å². The first-order chi connectivity index (χ1) is 11.9. The SMILES string of the molecule is Cc1ccc(Nc2nncc(Nc3ccc(F)c(F)c3F)n2)c(C)c1. The number of hydrogen-bond donors (Lipinski definition) is 2. The Morgan fingerprint density at radius 1 is 0.880 bits per heavy atom. The number of aromatic nitrogens is 3. The van der Waals surface area contributed by atoms with E-state index in [0.29, 0.717) is 0 Å². The molecule has 3 aromatic rings. The van der Waals surface area contributed by atoms with Crippen LogP contribution in [0.2, 0.25) is 0 Å². The van der Waals surface area contributed by atoms with Crippen molar-refractivity contribution in [1.82, 2.24) is 15.2 Å². The standard InChI is InChI=1S/C17H14F3N5/c1-9-3-5-12(10(2)7-9)23-17-24-14(8-21-25-17)22-13-6-4-11(18)15(19)16(13)20/h3-8H,1-2H3,(H2,22,23,24,25). The van der Waals surface area contributed by atoms with Gasteiger partial charge in [-0.05, 0) is 37.6 Å². The van der Waals surface area contributed by atoms with Gasteiger partial charge in [-0.2, -0.15) is 10.1 Å². The van der Waals surface area contributed by atoms with Crippen LogP contribution in [0, 0.1) is 31.3 Å². The van der Waals surface area contributed by atoms with Crippen molar-refractivity contribution in [3.05, 3.63) is 65.1 Å². The van der Waals surface area contributed by atoms with Crippen LogP contribution in [0.5, 0.6) is 0 Å². The second kappa shape index (κ2) is 6.76. The molecule has 128 valence electrons. The molecular weight excluding hydrogens is 331 g/mol. The van der Waals surface area contributed by atoms with Gasteiger partial charge in [0.2, 0.25) is 5.95 Å². The molecule has 0 unspecified atom stereocenters. The van der Waals surface area contributed by atoms with Crippen LogP contribution in [0.3, 0.4) is 0 Å². The van der Waals surface area contributed by atoms with E-state index in [-0.39, 0.29) is 17.5 Å². The molecule has 0 atom stereocenters. The summed E-state index contributed by atoms with van der Waals surface area (Å²) in [5.41, 5.74) is 2.65. The fraction of sp³-hybridized carbons (Fsp3) is 0.118. The lowest BCUT2D eigenvalue weighted by molar-refractivity contribution is 0.449. The lowest BCUT2D eigenvalue weighted by Gasteiger charge is -2.10. The van der Waals surface area contributed by atoms with E-state index in [4.69, 9.17) is 0 Å². The van der Waals surface area contributed by atoms with E-state index in [1.165, 1.54) is 6.20 Å². The molecule has 1 heterocycles. The number of nitrogens with one attached hydrogen (secondary N) is 2. The molecule has 0 aliphatic rings. The highest BCUT2D eigenvalue weighted by molar-refractivity contribution is 5.61. The van der Waals surface area contributed by atoms with Crippen molar-refractivity contribution < 1.29 is 13.2 Å². The van der Waals surface area contributed by atoms with E-state index in [1.54, 1.807) is 0 Å². The number of halogens is 3. The van der Waals surface area contributed by atoms with Crippen LogP contribution < -0.4 is 10.6 Å². The van der Waals surface area contributed by atoms with Gasteiger partial charge in [-0.1, -0.05) is 17.7 Å². The highest BCUT2D eigenvalue weighted by Gasteiger charge is 2.14. The Labute approximate surface area is 141 Å². The quantitative estimate of drug-likeness (QED) is 0.687. The van der Waals surface area contributed by atoms with Gasteiger partial charge in [-0.25, -0.2) is 13.2 Å². The summed E-state index contributed by atoms with van der Waals surface area (Å²) in [6, 6.07) is 7.70. The van der Waals surface area contributed by atoms with Crippen LogP contribution in [-0.4, -0.2) is 15.2 Å². The zero-order valence-corrected chi connectivity index (χ0v) is 13.4. The molecule has 0 saturated carbocycles. The van der Waals surface area contributed by atoms with Crippen molar-refractivity contribution in [2.24, 2.45) is 0 Å². The van der Waals surface area contributed by atoms with Gasteiger partial charge in [0.25, 0.3) is 0 Å². The molecule has 0 spiro atoms. The molecule has 0 aliphatic carbocycles. The smallest absolute Gasteiger partial charge is 0.249 e. The first-order valence-corrected chi connectivity index (χ1v) is 7.38. The first kappa shape index (κ1) is 16.7. The predicted molar refractivity (Wildman–Crippen MR) is 88.6 cm³/mol. The average molecular weight is 345 g/mol. The third-order valence-electron chi connectivity index (χ3n) is 3.49. The summed E-state index contributed by atoms with van der Waals surface area (Å²) in [5.74, 6) is -3.84. The van der Waals surface area contributed by atoms with E-state index in [2.05, 4.69) is 25.8 Å². The summed E-state index contributed by atoms with van der Waals surface area (Å²) < 4.78 is 40.0. The summed E-state index contributed by atoms with van der Waals surface area (Å²) in [7, 11) is 0. The predicted octanol–water partition coefficient (Wildman–Crippen LogP) is 4.39. The summed E-state index contributed by atoms with van der Waals surface area (Å²) in [6.45, 7) is 3.91. The summed E-state index contributed by atoms with van der Waals surface area (Å²) in [4.78, 5) is 4.14. The van der Waals surface area contributed by atoms with Crippen molar-refractivity contribution in [2.75, 3.05) is 10.6 Å². The maximum Gasteiger partial charge on any atom is 0.249 e. The summed E-state index contributed by atoms with van der Waals surface area (Å²) >= 11 is 0. The minimum atomic E-state index is -1.55. The summed E-state index contributed by atoms with van der Waals surface area (Å²) in [5, 5.41) is 13.2. The fourth-order valence-corrected chi connectivity index (χ4v) is 2.25. The van der Waals surface area contributed by atoms with Crippen molar-refractivity contribution in [2.45, 2.75) is 13.8 Å². The molecule has 2 aromatic carbocycles. The molecule has 0 aliphatic heterocycles. The summed E-state index contributed by atoms with van der Waals surface area (Å²) in [6.07, 6.45) is 1.24. The van der Waals surface area contributed by atoms with Crippen LogP contribution >= 0.6 is 0 Å². The number of hydrogen-bond acceptors (Lipinski definition) is 5. The topological polar surface area (TPSA) is 62.7 Å². The molecule has 0 radical (unpaired) electrons. The van der Waals surface area contributed by atoms with Gasteiger partial charge in [0.1, 0.15) is 0 Å². The highest BCUT2D eigenvalue weighted by Crippen LogP contribution is 2.23. The van der Waals surface area contributed by atoms with Crippen molar-refractivity contribution in [3.63, 3.8) is 0 Å². The zero-order valence-electron chi connectivity index (χ0n) is 13.4.